The van der Waals surface area contributed by atoms with Crippen LogP contribution in [0.5, 0.6) is 0 Å². The lowest BCUT2D eigenvalue weighted by molar-refractivity contribution is 0.305. The third-order valence-corrected chi connectivity index (χ3v) is 5.90. The first-order valence-corrected chi connectivity index (χ1v) is 9.50. The van der Waals surface area contributed by atoms with Crippen LogP contribution in [0.2, 0.25) is 0 Å². The Morgan fingerprint density at radius 2 is 2.10 bits per heavy atom. The molecule has 1 saturated heterocycles. The molecule has 9 heteroatoms. The number of nitrogens with one attached hydrogen (secondary N) is 1. The summed E-state index contributed by atoms with van der Waals surface area (Å²) in [7, 11) is -6.96. The lowest BCUT2D eigenvalue weighted by Crippen LogP contribution is -2.49. The van der Waals surface area contributed by atoms with Gasteiger partial charge in [-0.3, -0.25) is 4.98 Å². The summed E-state index contributed by atoms with van der Waals surface area (Å²) in [6.07, 6.45) is 5.13. The van der Waals surface area contributed by atoms with Crippen LogP contribution in [0, 0.1) is 0 Å². The maximum atomic E-state index is 12.1. The van der Waals surface area contributed by atoms with Crippen LogP contribution in [0.3, 0.4) is 0 Å². The normalized spacial score (nSPS) is 21.8. The van der Waals surface area contributed by atoms with E-state index < -0.39 is 26.1 Å². The van der Waals surface area contributed by atoms with Gasteiger partial charge in [-0.05, 0) is 25.0 Å². The molecule has 0 amide bonds. The first kappa shape index (κ1) is 15.4. The molecule has 2 heterocycles. The SMILES string of the molecule is CS(=O)(=O)N1CCCC(NS(=O)(=O)c2cccnc2)C1. The van der Waals surface area contributed by atoms with E-state index in [0.29, 0.717) is 19.4 Å². The van der Waals surface area contributed by atoms with E-state index in [1.165, 1.54) is 28.8 Å². The Bertz CT molecular complexity index is 658. The molecule has 112 valence electrons. The smallest absolute Gasteiger partial charge is 0.242 e. The van der Waals surface area contributed by atoms with Gasteiger partial charge >= 0.3 is 0 Å². The summed E-state index contributed by atoms with van der Waals surface area (Å²) < 4.78 is 51.1. The van der Waals surface area contributed by atoms with Crippen LogP contribution in [-0.4, -0.2) is 51.5 Å². The number of nitrogens with zero attached hydrogens (tertiary/aromatic N) is 2. The zero-order chi connectivity index (χ0) is 14.8. The van der Waals surface area contributed by atoms with E-state index in [4.69, 9.17) is 0 Å². The number of pyridine rings is 1. The Morgan fingerprint density at radius 3 is 2.70 bits per heavy atom. The molecular weight excluding hydrogens is 302 g/mol. The Kier molecular flexibility index (Phi) is 4.43. The van der Waals surface area contributed by atoms with Crippen LogP contribution < -0.4 is 4.72 Å². The molecule has 1 aliphatic heterocycles. The van der Waals surface area contributed by atoms with E-state index >= 15 is 0 Å². The van der Waals surface area contributed by atoms with Crippen molar-refractivity contribution in [1.82, 2.24) is 14.0 Å². The van der Waals surface area contributed by atoms with Crippen LogP contribution in [0.15, 0.2) is 29.4 Å². The van der Waals surface area contributed by atoms with Crippen LogP contribution >= 0.6 is 0 Å². The molecule has 1 unspecified atom stereocenters. The van der Waals surface area contributed by atoms with Gasteiger partial charge in [0, 0.05) is 31.5 Å². The summed E-state index contributed by atoms with van der Waals surface area (Å²) in [5, 5.41) is 0. The quantitative estimate of drug-likeness (QED) is 0.828. The third kappa shape index (κ3) is 3.75. The summed E-state index contributed by atoms with van der Waals surface area (Å²) in [5.41, 5.74) is 0. The van der Waals surface area contributed by atoms with E-state index in [9.17, 15) is 16.8 Å². The molecular formula is C11H17N3O4S2. The minimum atomic E-state index is -3.66. The van der Waals surface area contributed by atoms with Gasteiger partial charge in [0.05, 0.1) is 6.26 Å². The number of hydrogen-bond donors (Lipinski definition) is 1. The van der Waals surface area contributed by atoms with Gasteiger partial charge in [-0.15, -0.1) is 0 Å². The number of piperidine rings is 1. The van der Waals surface area contributed by atoms with Gasteiger partial charge in [-0.1, -0.05) is 0 Å². The van der Waals surface area contributed by atoms with Crippen LogP contribution in [0.25, 0.3) is 0 Å². The molecule has 0 bridgehead atoms. The molecule has 1 aromatic heterocycles. The van der Waals surface area contributed by atoms with Gasteiger partial charge in [0.2, 0.25) is 20.0 Å². The molecule has 2 rings (SSSR count). The summed E-state index contributed by atoms with van der Waals surface area (Å²) in [6.45, 7) is 0.599. The summed E-state index contributed by atoms with van der Waals surface area (Å²) in [4.78, 5) is 3.85. The summed E-state index contributed by atoms with van der Waals surface area (Å²) in [6, 6.07) is 2.58. The van der Waals surface area contributed by atoms with Gasteiger partial charge in [0.15, 0.2) is 0 Å². The largest absolute Gasteiger partial charge is 0.263 e. The highest BCUT2D eigenvalue weighted by Gasteiger charge is 2.29. The Morgan fingerprint density at radius 1 is 1.35 bits per heavy atom. The Hall–Kier alpha value is -1.03. The highest BCUT2D eigenvalue weighted by molar-refractivity contribution is 7.89. The van der Waals surface area contributed by atoms with Gasteiger partial charge < -0.3 is 0 Å². The van der Waals surface area contributed by atoms with Gasteiger partial charge in [-0.2, -0.15) is 0 Å². The number of hydrogen-bond acceptors (Lipinski definition) is 5. The third-order valence-electron chi connectivity index (χ3n) is 3.12. The first-order valence-electron chi connectivity index (χ1n) is 6.16. The molecule has 7 nitrogen and oxygen atoms in total. The number of rotatable bonds is 4. The monoisotopic (exact) mass is 319 g/mol. The zero-order valence-electron chi connectivity index (χ0n) is 11.1. The maximum absolute atomic E-state index is 12.1. The van der Waals surface area contributed by atoms with Crippen molar-refractivity contribution < 1.29 is 16.8 Å². The van der Waals surface area contributed by atoms with Gasteiger partial charge in [-0.25, -0.2) is 25.9 Å². The molecule has 1 aromatic rings. The average molecular weight is 319 g/mol. The standard InChI is InChI=1S/C11H17N3O4S2/c1-19(15,16)14-7-3-4-10(9-14)13-20(17,18)11-5-2-6-12-8-11/h2,5-6,8,10,13H,3-4,7,9H2,1H3. The fraction of sp³-hybridized carbons (Fsp3) is 0.545. The second-order valence-corrected chi connectivity index (χ2v) is 8.47. The van der Waals surface area contributed by atoms with Gasteiger partial charge in [0.1, 0.15) is 4.90 Å². The van der Waals surface area contributed by atoms with Crippen LogP contribution in [-0.2, 0) is 20.0 Å². The van der Waals surface area contributed by atoms with Crippen molar-refractivity contribution in [2.24, 2.45) is 0 Å². The average Bonchev–Trinajstić information content (AvgIpc) is 2.38. The van der Waals surface area contributed by atoms with E-state index in [2.05, 4.69) is 9.71 Å². The predicted octanol–water partition coefficient (Wildman–Crippen LogP) is -0.216. The molecule has 20 heavy (non-hydrogen) atoms. The minimum absolute atomic E-state index is 0.0801. The van der Waals surface area contributed by atoms with E-state index in [1.54, 1.807) is 0 Å². The molecule has 0 saturated carbocycles. The molecule has 0 radical (unpaired) electrons. The van der Waals surface area contributed by atoms with Crippen molar-refractivity contribution in [3.63, 3.8) is 0 Å². The lowest BCUT2D eigenvalue weighted by Gasteiger charge is -2.31. The van der Waals surface area contributed by atoms with Crippen LogP contribution in [0.4, 0.5) is 0 Å². The van der Waals surface area contributed by atoms with Crippen molar-refractivity contribution >= 4 is 20.0 Å². The maximum Gasteiger partial charge on any atom is 0.242 e. The predicted molar refractivity (Wildman–Crippen MR) is 74.0 cm³/mol. The highest BCUT2D eigenvalue weighted by atomic mass is 32.2. The first-order chi connectivity index (χ1) is 9.29. The summed E-state index contributed by atoms with van der Waals surface area (Å²) in [5.74, 6) is 0. The number of aromatic nitrogens is 1. The van der Waals surface area contributed by atoms with E-state index in [0.717, 1.165) is 6.26 Å². The second kappa shape index (κ2) is 5.76. The fourth-order valence-corrected chi connectivity index (χ4v) is 4.27. The molecule has 0 spiro atoms. The van der Waals surface area contributed by atoms with Crippen molar-refractivity contribution in [2.45, 2.75) is 23.8 Å². The zero-order valence-corrected chi connectivity index (χ0v) is 12.7. The molecule has 0 aliphatic carbocycles. The van der Waals surface area contributed by atoms with Crippen molar-refractivity contribution in [1.29, 1.82) is 0 Å². The lowest BCUT2D eigenvalue weighted by atomic mass is 10.1. The molecule has 1 fully saturated rings. The summed E-state index contributed by atoms with van der Waals surface area (Å²) >= 11 is 0. The van der Waals surface area contributed by atoms with Crippen LogP contribution in [0.1, 0.15) is 12.8 Å². The van der Waals surface area contributed by atoms with Crippen molar-refractivity contribution in [3.05, 3.63) is 24.5 Å². The second-order valence-electron chi connectivity index (χ2n) is 4.77. The molecule has 0 aromatic carbocycles. The van der Waals surface area contributed by atoms with E-state index in [-0.39, 0.29) is 11.4 Å². The van der Waals surface area contributed by atoms with Crippen molar-refractivity contribution in [2.75, 3.05) is 19.3 Å². The minimum Gasteiger partial charge on any atom is -0.263 e. The topological polar surface area (TPSA) is 96.4 Å². The Balaban J connectivity index is 2.10. The molecule has 1 aliphatic rings. The molecule has 1 atom stereocenters. The molecule has 1 N–H and O–H groups in total. The van der Waals surface area contributed by atoms with Crippen molar-refractivity contribution in [3.8, 4) is 0 Å². The number of sulfonamides is 2. The Labute approximate surface area is 119 Å². The highest BCUT2D eigenvalue weighted by Crippen LogP contribution is 2.15. The van der Waals surface area contributed by atoms with E-state index in [1.807, 2.05) is 0 Å². The van der Waals surface area contributed by atoms with Gasteiger partial charge in [0.25, 0.3) is 0 Å². The fourth-order valence-electron chi connectivity index (χ4n) is 2.13.